The Hall–Kier alpha value is -1.98. The number of aromatic nitrogens is 1. The van der Waals surface area contributed by atoms with E-state index in [0.29, 0.717) is 12.8 Å². The maximum atomic E-state index is 12.9. The zero-order valence-corrected chi connectivity index (χ0v) is 11.1. The lowest BCUT2D eigenvalue weighted by atomic mass is 9.74. The molecule has 0 bridgehead atoms. The molecule has 1 aromatic rings. The van der Waals surface area contributed by atoms with Crippen molar-refractivity contribution in [2.75, 3.05) is 6.54 Å². The molecule has 1 heterocycles. The molecule has 1 fully saturated rings. The lowest BCUT2D eigenvalue weighted by molar-refractivity contribution is -0.150. The number of carboxylic acids is 1. The van der Waals surface area contributed by atoms with Gasteiger partial charge in [-0.2, -0.15) is 4.39 Å². The number of carbonyl (C=O) groups excluding carboxylic acids is 1. The average Bonchev–Trinajstić information content (AvgIpc) is 2.45. The molecular weight excluding hydrogens is 263 g/mol. The summed E-state index contributed by atoms with van der Waals surface area (Å²) < 4.78 is 12.9. The van der Waals surface area contributed by atoms with Crippen LogP contribution < -0.4 is 5.32 Å². The van der Waals surface area contributed by atoms with E-state index in [0.717, 1.165) is 25.3 Å². The third-order valence-corrected chi connectivity index (χ3v) is 3.80. The van der Waals surface area contributed by atoms with E-state index >= 15 is 0 Å². The molecule has 5 nitrogen and oxygen atoms in total. The number of aliphatic carboxylic acids is 1. The van der Waals surface area contributed by atoms with Gasteiger partial charge in [-0.05, 0) is 25.0 Å². The van der Waals surface area contributed by atoms with Crippen molar-refractivity contribution in [2.24, 2.45) is 5.41 Å². The van der Waals surface area contributed by atoms with Crippen LogP contribution in [0.3, 0.4) is 0 Å². The summed E-state index contributed by atoms with van der Waals surface area (Å²) in [4.78, 5) is 26.8. The number of pyridine rings is 1. The Kier molecular flexibility index (Phi) is 4.32. The highest BCUT2D eigenvalue weighted by Gasteiger charge is 2.39. The maximum absolute atomic E-state index is 12.9. The summed E-state index contributed by atoms with van der Waals surface area (Å²) in [6.07, 6.45) is 3.83. The predicted octanol–water partition coefficient (Wildman–Crippen LogP) is 1.99. The second-order valence-corrected chi connectivity index (χ2v) is 5.17. The fourth-order valence-electron chi connectivity index (χ4n) is 2.57. The van der Waals surface area contributed by atoms with Crippen LogP contribution in [0.15, 0.2) is 18.2 Å². The first-order chi connectivity index (χ1) is 9.53. The minimum atomic E-state index is -0.902. The topological polar surface area (TPSA) is 79.3 Å². The first-order valence-corrected chi connectivity index (χ1v) is 6.68. The highest BCUT2D eigenvalue weighted by atomic mass is 19.1. The second-order valence-electron chi connectivity index (χ2n) is 5.17. The van der Waals surface area contributed by atoms with E-state index in [1.807, 2.05) is 0 Å². The Morgan fingerprint density at radius 2 is 2.00 bits per heavy atom. The van der Waals surface area contributed by atoms with Gasteiger partial charge in [-0.3, -0.25) is 9.59 Å². The number of hydrogen-bond donors (Lipinski definition) is 2. The van der Waals surface area contributed by atoms with Crippen molar-refractivity contribution in [3.63, 3.8) is 0 Å². The Morgan fingerprint density at radius 1 is 1.30 bits per heavy atom. The van der Waals surface area contributed by atoms with Crippen molar-refractivity contribution in [2.45, 2.75) is 32.1 Å². The largest absolute Gasteiger partial charge is 0.481 e. The molecule has 108 valence electrons. The first kappa shape index (κ1) is 14.4. The number of halogens is 1. The van der Waals surface area contributed by atoms with E-state index in [-0.39, 0.29) is 12.2 Å². The Morgan fingerprint density at radius 3 is 2.60 bits per heavy atom. The number of hydrogen-bond acceptors (Lipinski definition) is 3. The fourth-order valence-corrected chi connectivity index (χ4v) is 2.57. The smallest absolute Gasteiger partial charge is 0.311 e. The van der Waals surface area contributed by atoms with Gasteiger partial charge in [-0.25, -0.2) is 4.98 Å². The van der Waals surface area contributed by atoms with Gasteiger partial charge in [0.2, 0.25) is 5.95 Å². The zero-order valence-electron chi connectivity index (χ0n) is 11.1. The van der Waals surface area contributed by atoms with Crippen LogP contribution in [0.1, 0.15) is 42.6 Å². The third kappa shape index (κ3) is 3.12. The van der Waals surface area contributed by atoms with Crippen molar-refractivity contribution < 1.29 is 19.1 Å². The summed E-state index contributed by atoms with van der Waals surface area (Å²) in [6, 6.07) is 3.94. The molecule has 2 N–H and O–H groups in total. The molecular formula is C14H17FN2O3. The fraction of sp³-hybridized carbons (Fsp3) is 0.500. The van der Waals surface area contributed by atoms with E-state index < -0.39 is 23.2 Å². The van der Waals surface area contributed by atoms with Crippen LogP contribution in [0.4, 0.5) is 4.39 Å². The van der Waals surface area contributed by atoms with Crippen LogP contribution in [-0.4, -0.2) is 28.5 Å². The van der Waals surface area contributed by atoms with Crippen molar-refractivity contribution in [3.8, 4) is 0 Å². The number of carboxylic acid groups (broad SMARTS) is 1. The van der Waals surface area contributed by atoms with E-state index in [9.17, 15) is 19.1 Å². The van der Waals surface area contributed by atoms with Crippen LogP contribution in [0, 0.1) is 11.4 Å². The maximum Gasteiger partial charge on any atom is 0.311 e. The van der Waals surface area contributed by atoms with Crippen molar-refractivity contribution in [1.82, 2.24) is 10.3 Å². The van der Waals surface area contributed by atoms with Gasteiger partial charge in [0.15, 0.2) is 0 Å². The molecule has 1 aliphatic carbocycles. The molecule has 0 aliphatic heterocycles. The number of rotatable bonds is 4. The summed E-state index contributed by atoms with van der Waals surface area (Å²) in [6.45, 7) is 0.0549. The van der Waals surface area contributed by atoms with E-state index in [1.54, 1.807) is 0 Å². The van der Waals surface area contributed by atoms with Crippen LogP contribution >= 0.6 is 0 Å². The van der Waals surface area contributed by atoms with E-state index in [1.165, 1.54) is 12.1 Å². The molecule has 0 unspecified atom stereocenters. The van der Waals surface area contributed by atoms with E-state index in [2.05, 4.69) is 10.3 Å². The minimum Gasteiger partial charge on any atom is -0.481 e. The lowest BCUT2D eigenvalue weighted by Crippen LogP contribution is -2.44. The van der Waals surface area contributed by atoms with Gasteiger partial charge in [-0.1, -0.05) is 25.3 Å². The van der Waals surface area contributed by atoms with Gasteiger partial charge >= 0.3 is 5.97 Å². The molecule has 20 heavy (non-hydrogen) atoms. The van der Waals surface area contributed by atoms with Gasteiger partial charge in [0, 0.05) is 6.54 Å². The van der Waals surface area contributed by atoms with Crippen LogP contribution in [0.5, 0.6) is 0 Å². The Labute approximate surface area is 116 Å². The van der Waals surface area contributed by atoms with Crippen LogP contribution in [-0.2, 0) is 4.79 Å². The number of amides is 1. The average molecular weight is 280 g/mol. The van der Waals surface area contributed by atoms with Gasteiger partial charge in [-0.15, -0.1) is 0 Å². The van der Waals surface area contributed by atoms with Crippen LogP contribution in [0.25, 0.3) is 0 Å². The molecule has 1 aromatic heterocycles. The highest BCUT2D eigenvalue weighted by molar-refractivity contribution is 5.92. The summed E-state index contributed by atoms with van der Waals surface area (Å²) in [5.74, 6) is -2.16. The SMILES string of the molecule is O=C(NCC1(C(=O)O)CCCCC1)c1cccc(F)n1. The van der Waals surface area contributed by atoms with Gasteiger partial charge in [0.25, 0.3) is 5.91 Å². The summed E-state index contributed by atoms with van der Waals surface area (Å²) in [5.41, 5.74) is -0.942. The molecule has 1 saturated carbocycles. The molecule has 0 atom stereocenters. The minimum absolute atomic E-state index is 0.0404. The molecule has 0 saturated heterocycles. The third-order valence-electron chi connectivity index (χ3n) is 3.80. The molecule has 6 heteroatoms. The summed E-state index contributed by atoms with van der Waals surface area (Å²) in [7, 11) is 0. The van der Waals surface area contributed by atoms with Gasteiger partial charge in [0.1, 0.15) is 5.69 Å². The summed E-state index contributed by atoms with van der Waals surface area (Å²) in [5, 5.41) is 12.0. The number of carbonyl (C=O) groups is 2. The van der Waals surface area contributed by atoms with Crippen molar-refractivity contribution in [1.29, 1.82) is 0 Å². The monoisotopic (exact) mass is 280 g/mol. The summed E-state index contributed by atoms with van der Waals surface area (Å²) >= 11 is 0. The Bertz CT molecular complexity index is 513. The molecule has 0 aromatic carbocycles. The standard InChI is InChI=1S/C14H17FN2O3/c15-11-6-4-5-10(17-11)12(18)16-9-14(13(19)20)7-2-1-3-8-14/h4-6H,1-3,7-9H2,(H,16,18)(H,19,20). The van der Waals surface area contributed by atoms with Crippen molar-refractivity contribution in [3.05, 3.63) is 29.8 Å². The van der Waals surface area contributed by atoms with Gasteiger partial charge < -0.3 is 10.4 Å². The normalized spacial score (nSPS) is 17.4. The lowest BCUT2D eigenvalue weighted by Gasteiger charge is -2.33. The molecule has 0 radical (unpaired) electrons. The number of nitrogens with zero attached hydrogens (tertiary/aromatic N) is 1. The first-order valence-electron chi connectivity index (χ1n) is 6.68. The molecule has 1 aliphatic rings. The molecule has 1 amide bonds. The highest BCUT2D eigenvalue weighted by Crippen LogP contribution is 2.36. The predicted molar refractivity (Wildman–Crippen MR) is 69.7 cm³/mol. The number of nitrogens with one attached hydrogen (secondary N) is 1. The van der Waals surface area contributed by atoms with Crippen molar-refractivity contribution >= 4 is 11.9 Å². The molecule has 0 spiro atoms. The second kappa shape index (κ2) is 5.98. The quantitative estimate of drug-likeness (QED) is 0.827. The Balaban J connectivity index is 2.02. The zero-order chi connectivity index (χ0) is 14.6. The van der Waals surface area contributed by atoms with Crippen LogP contribution in [0.2, 0.25) is 0 Å². The molecule has 2 rings (SSSR count). The van der Waals surface area contributed by atoms with E-state index in [4.69, 9.17) is 0 Å². The van der Waals surface area contributed by atoms with Gasteiger partial charge in [0.05, 0.1) is 5.41 Å².